The van der Waals surface area contributed by atoms with Crippen LogP contribution in [-0.2, 0) is 9.53 Å². The first-order valence-corrected chi connectivity index (χ1v) is 10.4. The molecular weight excluding hydrogens is 378 g/mol. The fourth-order valence-electron chi connectivity index (χ4n) is 4.41. The zero-order chi connectivity index (χ0) is 21.3. The quantitative estimate of drug-likeness (QED) is 0.782. The van der Waals surface area contributed by atoms with Crippen LogP contribution in [0.2, 0.25) is 0 Å². The zero-order valence-electron chi connectivity index (χ0n) is 17.6. The Kier molecular flexibility index (Phi) is 5.60. The second-order valence-electron chi connectivity index (χ2n) is 7.97. The summed E-state index contributed by atoms with van der Waals surface area (Å²) in [5.41, 5.74) is 3.70. The molecule has 30 heavy (non-hydrogen) atoms. The molecule has 3 heterocycles. The van der Waals surface area contributed by atoms with E-state index in [1.54, 1.807) is 19.2 Å². The summed E-state index contributed by atoms with van der Waals surface area (Å²) in [5.74, 6) is 0.946. The molecule has 0 radical (unpaired) electrons. The molecule has 4 rings (SSSR count). The number of pyridine rings is 1. The standard InChI is InChI=1S/C23H27N5O2/c1-15-16(2)28(17(3)29)21-7-6-19(27-9-11-30-12-10-27)13-20(21)23(15)26-22-8-5-18(24-4)14-25-22/h5-8,13-16,23H,9-12H2,1-3H3,(H,25,26)/t15-,16-,23+/m0/s1. The van der Waals surface area contributed by atoms with E-state index in [1.807, 2.05) is 11.0 Å². The molecule has 1 fully saturated rings. The van der Waals surface area contributed by atoms with E-state index in [1.165, 1.54) is 0 Å². The maximum absolute atomic E-state index is 12.5. The molecule has 2 aliphatic rings. The largest absolute Gasteiger partial charge is 0.378 e. The topological polar surface area (TPSA) is 62.1 Å². The number of amides is 1. The molecule has 1 saturated heterocycles. The molecule has 3 atom stereocenters. The number of carbonyl (C=O) groups excluding carboxylic acids is 1. The molecule has 156 valence electrons. The number of nitrogens with one attached hydrogen (secondary N) is 1. The van der Waals surface area contributed by atoms with Crippen molar-refractivity contribution in [2.75, 3.05) is 41.4 Å². The molecule has 1 N–H and O–H groups in total. The van der Waals surface area contributed by atoms with Crippen LogP contribution in [0, 0.1) is 12.5 Å². The fourth-order valence-corrected chi connectivity index (χ4v) is 4.41. The van der Waals surface area contributed by atoms with E-state index in [2.05, 4.69) is 52.1 Å². The predicted molar refractivity (Wildman–Crippen MR) is 118 cm³/mol. The normalized spacial score (nSPS) is 23.5. The first-order valence-electron chi connectivity index (χ1n) is 10.4. The average Bonchev–Trinajstić information content (AvgIpc) is 2.77. The zero-order valence-corrected chi connectivity index (χ0v) is 17.6. The first-order chi connectivity index (χ1) is 14.5. The number of nitrogens with zero attached hydrogens (tertiary/aromatic N) is 4. The lowest BCUT2D eigenvalue weighted by Crippen LogP contribution is -2.48. The average molecular weight is 406 g/mol. The van der Waals surface area contributed by atoms with Crippen molar-refractivity contribution >= 4 is 28.8 Å². The van der Waals surface area contributed by atoms with Crippen molar-refractivity contribution in [1.82, 2.24) is 4.98 Å². The minimum absolute atomic E-state index is 0.00196. The molecule has 1 aromatic heterocycles. The highest BCUT2D eigenvalue weighted by Crippen LogP contribution is 2.44. The van der Waals surface area contributed by atoms with Crippen molar-refractivity contribution in [3.05, 3.63) is 53.5 Å². The Morgan fingerprint density at radius 2 is 2.00 bits per heavy atom. The van der Waals surface area contributed by atoms with Crippen LogP contribution in [0.1, 0.15) is 32.4 Å². The van der Waals surface area contributed by atoms with Crippen molar-refractivity contribution in [3.63, 3.8) is 0 Å². The van der Waals surface area contributed by atoms with E-state index in [4.69, 9.17) is 11.3 Å². The lowest BCUT2D eigenvalue weighted by atomic mass is 9.82. The third-order valence-electron chi connectivity index (χ3n) is 6.20. The Labute approximate surface area is 177 Å². The summed E-state index contributed by atoms with van der Waals surface area (Å²) < 4.78 is 5.50. The van der Waals surface area contributed by atoms with Gasteiger partial charge in [-0.3, -0.25) is 9.78 Å². The predicted octanol–water partition coefficient (Wildman–Crippen LogP) is 4.01. The number of aromatic nitrogens is 1. The van der Waals surface area contributed by atoms with Gasteiger partial charge in [0.2, 0.25) is 11.6 Å². The summed E-state index contributed by atoms with van der Waals surface area (Å²) in [6.45, 7) is 16.2. The van der Waals surface area contributed by atoms with Gasteiger partial charge in [0.25, 0.3) is 0 Å². The van der Waals surface area contributed by atoms with E-state index in [9.17, 15) is 4.79 Å². The molecule has 7 nitrogen and oxygen atoms in total. The Balaban J connectivity index is 1.74. The van der Waals surface area contributed by atoms with Crippen molar-refractivity contribution in [2.24, 2.45) is 5.92 Å². The van der Waals surface area contributed by atoms with Gasteiger partial charge in [-0.15, -0.1) is 0 Å². The number of morpholine rings is 1. The number of anilines is 3. The van der Waals surface area contributed by atoms with Gasteiger partial charge in [0.15, 0.2) is 0 Å². The number of hydrogen-bond donors (Lipinski definition) is 1. The van der Waals surface area contributed by atoms with E-state index >= 15 is 0 Å². The molecule has 1 aromatic carbocycles. The first kappa shape index (κ1) is 20.2. The molecular formula is C23H27N5O2. The van der Waals surface area contributed by atoms with Crippen LogP contribution in [0.3, 0.4) is 0 Å². The third kappa shape index (κ3) is 3.71. The Hall–Kier alpha value is -3.11. The van der Waals surface area contributed by atoms with Crippen LogP contribution in [0.25, 0.3) is 4.85 Å². The van der Waals surface area contributed by atoms with Gasteiger partial charge in [-0.25, -0.2) is 4.85 Å². The van der Waals surface area contributed by atoms with Crippen LogP contribution < -0.4 is 15.1 Å². The Bertz CT molecular complexity index is 963. The number of hydrogen-bond acceptors (Lipinski definition) is 5. The van der Waals surface area contributed by atoms with E-state index in [0.29, 0.717) is 5.69 Å². The van der Waals surface area contributed by atoms with Gasteiger partial charge in [0.1, 0.15) is 5.82 Å². The number of carbonyl (C=O) groups is 1. The lowest BCUT2D eigenvalue weighted by molar-refractivity contribution is -0.117. The molecule has 2 aliphatic heterocycles. The fraction of sp³-hybridized carbons (Fsp3) is 0.435. The van der Waals surface area contributed by atoms with Gasteiger partial charge in [-0.05, 0) is 31.2 Å². The molecule has 0 bridgehead atoms. The minimum Gasteiger partial charge on any atom is -0.378 e. The Morgan fingerprint density at radius 3 is 2.63 bits per heavy atom. The third-order valence-corrected chi connectivity index (χ3v) is 6.20. The van der Waals surface area contributed by atoms with Crippen molar-refractivity contribution in [3.8, 4) is 0 Å². The molecule has 7 heteroatoms. The minimum atomic E-state index is -0.00196. The molecule has 0 saturated carbocycles. The molecule has 0 unspecified atom stereocenters. The van der Waals surface area contributed by atoms with Gasteiger partial charge < -0.3 is 19.9 Å². The maximum Gasteiger partial charge on any atom is 0.224 e. The second-order valence-corrected chi connectivity index (χ2v) is 7.97. The van der Waals surface area contributed by atoms with Gasteiger partial charge >= 0.3 is 0 Å². The van der Waals surface area contributed by atoms with Gasteiger partial charge in [-0.2, -0.15) is 0 Å². The van der Waals surface area contributed by atoms with Crippen LogP contribution in [0.5, 0.6) is 0 Å². The number of ether oxygens (including phenoxy) is 1. The number of rotatable bonds is 3. The molecule has 1 amide bonds. The highest BCUT2D eigenvalue weighted by molar-refractivity contribution is 5.94. The summed E-state index contributed by atoms with van der Waals surface area (Å²) in [7, 11) is 0. The van der Waals surface area contributed by atoms with Gasteiger partial charge in [0, 0.05) is 55.1 Å². The van der Waals surface area contributed by atoms with Crippen molar-refractivity contribution < 1.29 is 9.53 Å². The highest BCUT2D eigenvalue weighted by atomic mass is 16.5. The maximum atomic E-state index is 12.5. The van der Waals surface area contributed by atoms with Crippen LogP contribution in [-0.4, -0.2) is 43.2 Å². The van der Waals surface area contributed by atoms with Crippen LogP contribution >= 0.6 is 0 Å². The Morgan fingerprint density at radius 1 is 1.23 bits per heavy atom. The SMILES string of the molecule is [C-]#[N+]c1ccc(N[C@H]2c3cc(N4CCOCC4)ccc3N(C(C)=O)[C@@H](C)[C@@H]2C)nc1. The van der Waals surface area contributed by atoms with E-state index in [-0.39, 0.29) is 23.9 Å². The van der Waals surface area contributed by atoms with E-state index in [0.717, 1.165) is 49.1 Å². The summed E-state index contributed by atoms with van der Waals surface area (Å²) in [4.78, 5) is 24.5. The molecule has 2 aromatic rings. The van der Waals surface area contributed by atoms with Crippen LogP contribution in [0.4, 0.5) is 22.9 Å². The summed E-state index contributed by atoms with van der Waals surface area (Å²) in [6.07, 6.45) is 1.58. The monoisotopic (exact) mass is 405 g/mol. The van der Waals surface area contributed by atoms with Crippen molar-refractivity contribution in [2.45, 2.75) is 32.9 Å². The molecule has 0 aliphatic carbocycles. The second kappa shape index (κ2) is 8.33. The smallest absolute Gasteiger partial charge is 0.224 e. The lowest BCUT2D eigenvalue weighted by Gasteiger charge is -2.44. The number of benzene rings is 1. The summed E-state index contributed by atoms with van der Waals surface area (Å²) >= 11 is 0. The number of fused-ring (bicyclic) bond motifs is 1. The molecule has 0 spiro atoms. The summed E-state index contributed by atoms with van der Waals surface area (Å²) in [6, 6.07) is 10.0. The van der Waals surface area contributed by atoms with E-state index < -0.39 is 0 Å². The van der Waals surface area contributed by atoms with Gasteiger partial charge in [-0.1, -0.05) is 13.0 Å². The van der Waals surface area contributed by atoms with Crippen LogP contribution in [0.15, 0.2) is 36.5 Å². The summed E-state index contributed by atoms with van der Waals surface area (Å²) in [5, 5.41) is 3.56. The van der Waals surface area contributed by atoms with Crippen molar-refractivity contribution in [1.29, 1.82) is 0 Å². The van der Waals surface area contributed by atoms with Gasteiger partial charge in [0.05, 0.1) is 25.8 Å². The highest BCUT2D eigenvalue weighted by Gasteiger charge is 2.38.